The van der Waals surface area contributed by atoms with Gasteiger partial charge in [0.05, 0.1) is 10.6 Å². The molecule has 0 atom stereocenters. The molecule has 0 amide bonds. The summed E-state index contributed by atoms with van der Waals surface area (Å²) in [6.07, 6.45) is 4.69. The fourth-order valence-corrected chi connectivity index (χ4v) is 1.78. The van der Waals surface area contributed by atoms with Crippen LogP contribution in [0, 0.1) is 0 Å². The lowest BCUT2D eigenvalue weighted by Gasteiger charge is -2.21. The number of benzene rings is 1. The molecule has 0 N–H and O–H groups in total. The van der Waals surface area contributed by atoms with Crippen molar-refractivity contribution >= 4 is 23.6 Å². The van der Waals surface area contributed by atoms with Crippen LogP contribution in [0.1, 0.15) is 23.2 Å². The van der Waals surface area contributed by atoms with Crippen molar-refractivity contribution in [2.24, 2.45) is 0 Å². The van der Waals surface area contributed by atoms with Crippen molar-refractivity contribution in [3.63, 3.8) is 0 Å². The zero-order chi connectivity index (χ0) is 12.0. The van der Waals surface area contributed by atoms with Gasteiger partial charge in [-0.2, -0.15) is 0 Å². The van der Waals surface area contributed by atoms with Crippen LogP contribution in [0.3, 0.4) is 0 Å². The SMILES string of the molecule is C=CCCCN(C)c1cccc(Cl)c1C=O. The summed E-state index contributed by atoms with van der Waals surface area (Å²) >= 11 is 5.96. The van der Waals surface area contributed by atoms with Gasteiger partial charge in [-0.15, -0.1) is 6.58 Å². The van der Waals surface area contributed by atoms with Gasteiger partial charge in [0.25, 0.3) is 0 Å². The minimum atomic E-state index is 0.503. The van der Waals surface area contributed by atoms with Crippen LogP contribution in [0.15, 0.2) is 30.9 Å². The van der Waals surface area contributed by atoms with Crippen LogP contribution in [0.2, 0.25) is 5.02 Å². The maximum Gasteiger partial charge on any atom is 0.153 e. The summed E-state index contributed by atoms with van der Waals surface area (Å²) in [4.78, 5) is 13.0. The quantitative estimate of drug-likeness (QED) is 0.428. The van der Waals surface area contributed by atoms with Gasteiger partial charge in [0.1, 0.15) is 0 Å². The van der Waals surface area contributed by atoms with Crippen molar-refractivity contribution in [2.75, 3.05) is 18.5 Å². The molecule has 0 aromatic heterocycles. The summed E-state index contributed by atoms with van der Waals surface area (Å²) in [5.41, 5.74) is 1.44. The smallest absolute Gasteiger partial charge is 0.153 e. The average molecular weight is 238 g/mol. The van der Waals surface area contributed by atoms with E-state index in [2.05, 4.69) is 6.58 Å². The van der Waals surface area contributed by atoms with Gasteiger partial charge in [0.15, 0.2) is 6.29 Å². The predicted octanol–water partition coefficient (Wildman–Crippen LogP) is 3.55. The molecule has 0 bridgehead atoms. The number of carbonyl (C=O) groups excluding carboxylic acids is 1. The number of allylic oxidation sites excluding steroid dienone is 1. The molecule has 0 unspecified atom stereocenters. The maximum absolute atomic E-state index is 11.0. The standard InChI is InChI=1S/C13H16ClNO/c1-3-4-5-9-15(2)13-8-6-7-12(14)11(13)10-16/h3,6-8,10H,1,4-5,9H2,2H3. The first-order valence-electron chi connectivity index (χ1n) is 5.26. The van der Waals surface area contributed by atoms with Crippen molar-refractivity contribution in [3.05, 3.63) is 41.4 Å². The summed E-state index contributed by atoms with van der Waals surface area (Å²) < 4.78 is 0. The number of hydrogen-bond acceptors (Lipinski definition) is 2. The first-order valence-corrected chi connectivity index (χ1v) is 5.64. The van der Waals surface area contributed by atoms with Crippen molar-refractivity contribution in [2.45, 2.75) is 12.8 Å². The summed E-state index contributed by atoms with van der Waals surface area (Å²) in [6, 6.07) is 5.49. The monoisotopic (exact) mass is 237 g/mol. The Bertz CT molecular complexity index is 376. The van der Waals surface area contributed by atoms with Crippen LogP contribution in [-0.4, -0.2) is 19.9 Å². The Kier molecular flexibility index (Phi) is 5.06. The van der Waals surface area contributed by atoms with E-state index in [0.29, 0.717) is 10.6 Å². The maximum atomic E-state index is 11.0. The molecule has 0 spiro atoms. The summed E-state index contributed by atoms with van der Waals surface area (Å²) in [7, 11) is 1.96. The molecule has 0 aliphatic carbocycles. The molecule has 1 aromatic carbocycles. The molecule has 1 aromatic rings. The minimum Gasteiger partial charge on any atom is -0.374 e. The molecule has 0 heterocycles. The number of unbranched alkanes of at least 4 members (excludes halogenated alkanes) is 1. The van der Waals surface area contributed by atoms with E-state index >= 15 is 0 Å². The highest BCUT2D eigenvalue weighted by Gasteiger charge is 2.09. The topological polar surface area (TPSA) is 20.3 Å². The van der Waals surface area contributed by atoms with Gasteiger partial charge in [-0.25, -0.2) is 0 Å². The van der Waals surface area contributed by atoms with Gasteiger partial charge >= 0.3 is 0 Å². The molecule has 86 valence electrons. The highest BCUT2D eigenvalue weighted by atomic mass is 35.5. The molecular formula is C13H16ClNO. The second-order valence-electron chi connectivity index (χ2n) is 3.64. The lowest BCUT2D eigenvalue weighted by atomic mass is 10.1. The van der Waals surface area contributed by atoms with Crippen LogP contribution >= 0.6 is 11.6 Å². The van der Waals surface area contributed by atoms with E-state index in [0.717, 1.165) is 31.4 Å². The second-order valence-corrected chi connectivity index (χ2v) is 4.05. The van der Waals surface area contributed by atoms with Crippen LogP contribution in [0.5, 0.6) is 0 Å². The molecule has 1 rings (SSSR count). The molecule has 0 aliphatic heterocycles. The number of hydrogen-bond donors (Lipinski definition) is 0. The Morgan fingerprint density at radius 1 is 1.50 bits per heavy atom. The Labute approximate surface area is 102 Å². The lowest BCUT2D eigenvalue weighted by molar-refractivity contribution is 0.112. The first kappa shape index (κ1) is 12.8. The third-order valence-corrected chi connectivity index (χ3v) is 2.79. The fraction of sp³-hybridized carbons (Fsp3) is 0.308. The van der Waals surface area contributed by atoms with Crippen molar-refractivity contribution < 1.29 is 4.79 Å². The lowest BCUT2D eigenvalue weighted by Crippen LogP contribution is -2.19. The highest BCUT2D eigenvalue weighted by Crippen LogP contribution is 2.25. The molecular weight excluding hydrogens is 222 g/mol. The third kappa shape index (κ3) is 3.11. The van der Waals surface area contributed by atoms with Gasteiger partial charge in [-0.1, -0.05) is 23.7 Å². The van der Waals surface area contributed by atoms with E-state index in [9.17, 15) is 4.79 Å². The molecule has 0 saturated heterocycles. The Balaban J connectivity index is 2.81. The first-order chi connectivity index (χ1) is 7.70. The molecule has 2 nitrogen and oxygen atoms in total. The second kappa shape index (κ2) is 6.33. The van der Waals surface area contributed by atoms with E-state index in [-0.39, 0.29) is 0 Å². The molecule has 0 radical (unpaired) electrons. The number of nitrogens with zero attached hydrogens (tertiary/aromatic N) is 1. The molecule has 3 heteroatoms. The number of anilines is 1. The normalized spacial score (nSPS) is 9.88. The Morgan fingerprint density at radius 3 is 2.88 bits per heavy atom. The van der Waals surface area contributed by atoms with Crippen molar-refractivity contribution in [1.82, 2.24) is 0 Å². The van der Waals surface area contributed by atoms with E-state index in [1.807, 2.05) is 30.2 Å². The molecule has 0 fully saturated rings. The molecule has 0 aliphatic rings. The zero-order valence-corrected chi connectivity index (χ0v) is 10.2. The Hall–Kier alpha value is -1.28. The summed E-state index contributed by atoms with van der Waals surface area (Å²) in [5.74, 6) is 0. The third-order valence-electron chi connectivity index (χ3n) is 2.46. The van der Waals surface area contributed by atoms with Crippen LogP contribution < -0.4 is 4.90 Å². The largest absolute Gasteiger partial charge is 0.374 e. The number of halogens is 1. The van der Waals surface area contributed by atoms with Gasteiger partial charge in [-0.3, -0.25) is 4.79 Å². The van der Waals surface area contributed by atoms with Gasteiger partial charge in [0, 0.05) is 19.3 Å². The Morgan fingerprint density at radius 2 is 2.25 bits per heavy atom. The summed E-state index contributed by atoms with van der Waals surface area (Å²) in [5, 5.41) is 0.503. The highest BCUT2D eigenvalue weighted by molar-refractivity contribution is 6.33. The predicted molar refractivity (Wildman–Crippen MR) is 69.5 cm³/mol. The van der Waals surface area contributed by atoms with Crippen LogP contribution in [0.25, 0.3) is 0 Å². The number of rotatable bonds is 6. The average Bonchev–Trinajstić information content (AvgIpc) is 2.29. The zero-order valence-electron chi connectivity index (χ0n) is 9.45. The van der Waals surface area contributed by atoms with Crippen LogP contribution in [-0.2, 0) is 0 Å². The van der Waals surface area contributed by atoms with Crippen molar-refractivity contribution in [1.29, 1.82) is 0 Å². The van der Waals surface area contributed by atoms with E-state index in [1.54, 1.807) is 6.07 Å². The molecule has 0 saturated carbocycles. The fourth-order valence-electron chi connectivity index (χ4n) is 1.57. The van der Waals surface area contributed by atoms with Gasteiger partial charge in [0.2, 0.25) is 0 Å². The van der Waals surface area contributed by atoms with Gasteiger partial charge in [-0.05, 0) is 25.0 Å². The van der Waals surface area contributed by atoms with Crippen molar-refractivity contribution in [3.8, 4) is 0 Å². The number of carbonyl (C=O) groups is 1. The minimum absolute atomic E-state index is 0.503. The summed E-state index contributed by atoms with van der Waals surface area (Å²) in [6.45, 7) is 4.56. The van der Waals surface area contributed by atoms with Gasteiger partial charge < -0.3 is 4.90 Å². The number of aldehydes is 1. The van der Waals surface area contributed by atoms with E-state index in [4.69, 9.17) is 11.6 Å². The van der Waals surface area contributed by atoms with E-state index in [1.165, 1.54) is 0 Å². The van der Waals surface area contributed by atoms with Crippen LogP contribution in [0.4, 0.5) is 5.69 Å². The molecule has 16 heavy (non-hydrogen) atoms. The van der Waals surface area contributed by atoms with E-state index < -0.39 is 0 Å².